The monoisotopic (exact) mass is 367 g/mol. The van der Waals surface area contributed by atoms with Crippen LogP contribution in [0, 0.1) is 0 Å². The summed E-state index contributed by atoms with van der Waals surface area (Å²) in [6, 6.07) is 10.8. The first-order valence-corrected chi connectivity index (χ1v) is 9.39. The fourth-order valence-corrected chi connectivity index (χ4v) is 4.64. The van der Waals surface area contributed by atoms with Crippen LogP contribution in [0.3, 0.4) is 0 Å². The molecule has 0 aliphatic rings. The lowest BCUT2D eigenvalue weighted by Crippen LogP contribution is -2.14. The van der Waals surface area contributed by atoms with Crippen LogP contribution in [0.5, 0.6) is 0 Å². The third-order valence-corrected chi connectivity index (χ3v) is 5.89. The van der Waals surface area contributed by atoms with Crippen LogP contribution >= 0.6 is 22.9 Å². The molecule has 2 aromatic carbocycles. The summed E-state index contributed by atoms with van der Waals surface area (Å²) in [5.41, 5.74) is 0.955. The Morgan fingerprint density at radius 3 is 2.48 bits per heavy atom. The Kier molecular flexibility index (Phi) is 4.18. The molecule has 1 aromatic heterocycles. The first-order valence-electron chi connectivity index (χ1n) is 6.72. The van der Waals surface area contributed by atoms with Gasteiger partial charge in [-0.2, -0.15) is 0 Å². The normalized spacial score (nSPS) is 11.6. The van der Waals surface area contributed by atoms with Crippen LogP contribution in [0.2, 0.25) is 4.34 Å². The van der Waals surface area contributed by atoms with Crippen molar-refractivity contribution in [2.45, 2.75) is 4.90 Å². The van der Waals surface area contributed by atoms with Gasteiger partial charge in [0.15, 0.2) is 5.13 Å². The summed E-state index contributed by atoms with van der Waals surface area (Å²) in [6.45, 7) is 0. The van der Waals surface area contributed by atoms with Gasteiger partial charge in [-0.1, -0.05) is 47.2 Å². The maximum Gasteiger partial charge on any atom is 0.264 e. The van der Waals surface area contributed by atoms with Crippen molar-refractivity contribution in [1.29, 1.82) is 0 Å². The molecule has 0 aliphatic heterocycles. The highest BCUT2D eigenvalue weighted by Crippen LogP contribution is 2.32. The second-order valence-corrected chi connectivity index (χ2v) is 8.41. The fourth-order valence-electron chi connectivity index (χ4n) is 2.36. The Morgan fingerprint density at radius 1 is 1.13 bits per heavy atom. The number of hydrogen-bond acceptors (Lipinski definition) is 5. The molecule has 1 heterocycles. The van der Waals surface area contributed by atoms with Crippen molar-refractivity contribution in [1.82, 2.24) is 4.98 Å². The van der Waals surface area contributed by atoms with E-state index in [4.69, 9.17) is 11.6 Å². The van der Waals surface area contributed by atoms with E-state index >= 15 is 0 Å². The molecule has 0 spiro atoms. The van der Waals surface area contributed by atoms with E-state index in [0.717, 1.165) is 22.4 Å². The molecule has 0 bridgehead atoms. The number of halogens is 1. The molecule has 0 fully saturated rings. The summed E-state index contributed by atoms with van der Waals surface area (Å²) < 4.78 is 28.3. The lowest BCUT2D eigenvalue weighted by molar-refractivity contribution is 0.602. The van der Waals surface area contributed by atoms with Crippen LogP contribution in [0.25, 0.3) is 10.8 Å². The standard InChI is InChI=1S/C15H14ClN3O2S2/c1-19(2)12-7-3-6-11-10(12)5-4-8-13(11)23(20,21)18-15-17-9-14(16)22-15/h3-9H,1-2H3,(H,17,18). The Balaban J connectivity index is 2.14. The molecule has 0 saturated carbocycles. The number of aromatic nitrogens is 1. The van der Waals surface area contributed by atoms with E-state index in [2.05, 4.69) is 9.71 Å². The second kappa shape index (κ2) is 5.99. The van der Waals surface area contributed by atoms with Gasteiger partial charge in [-0.25, -0.2) is 13.4 Å². The molecule has 0 aliphatic carbocycles. The Hall–Kier alpha value is -1.83. The minimum atomic E-state index is -3.75. The van der Waals surface area contributed by atoms with Gasteiger partial charge < -0.3 is 4.90 Å². The van der Waals surface area contributed by atoms with Gasteiger partial charge in [-0.15, -0.1) is 0 Å². The summed E-state index contributed by atoms with van der Waals surface area (Å²) in [5, 5.41) is 1.78. The molecule has 0 unspecified atom stereocenters. The van der Waals surface area contributed by atoms with Gasteiger partial charge in [0.25, 0.3) is 10.0 Å². The maximum atomic E-state index is 12.7. The summed E-state index contributed by atoms with van der Waals surface area (Å²) in [6.07, 6.45) is 1.41. The van der Waals surface area contributed by atoms with Crippen molar-refractivity contribution in [2.75, 3.05) is 23.7 Å². The number of anilines is 2. The molecule has 1 N–H and O–H groups in total. The first kappa shape index (κ1) is 16.0. The van der Waals surface area contributed by atoms with Gasteiger partial charge in [0, 0.05) is 30.6 Å². The van der Waals surface area contributed by atoms with Gasteiger partial charge in [0.05, 0.1) is 11.1 Å². The van der Waals surface area contributed by atoms with Crippen LogP contribution in [-0.4, -0.2) is 27.5 Å². The van der Waals surface area contributed by atoms with Gasteiger partial charge in [0.2, 0.25) is 0 Å². The molecule has 23 heavy (non-hydrogen) atoms. The van der Waals surface area contributed by atoms with Crippen molar-refractivity contribution in [3.05, 3.63) is 46.9 Å². The largest absolute Gasteiger partial charge is 0.377 e. The number of benzene rings is 2. The summed E-state index contributed by atoms with van der Waals surface area (Å²) in [5.74, 6) is 0. The van der Waals surface area contributed by atoms with Crippen LogP contribution in [-0.2, 0) is 10.0 Å². The zero-order valence-corrected chi connectivity index (χ0v) is 14.8. The van der Waals surface area contributed by atoms with Crippen LogP contribution in [0.15, 0.2) is 47.5 Å². The minimum Gasteiger partial charge on any atom is -0.377 e. The highest BCUT2D eigenvalue weighted by Gasteiger charge is 2.20. The summed E-state index contributed by atoms with van der Waals surface area (Å²) in [4.78, 5) is 6.10. The number of rotatable bonds is 4. The third kappa shape index (κ3) is 3.12. The number of hydrogen-bond donors (Lipinski definition) is 1. The quantitative estimate of drug-likeness (QED) is 0.761. The van der Waals surface area contributed by atoms with E-state index < -0.39 is 10.0 Å². The molecule has 3 aromatic rings. The van der Waals surface area contributed by atoms with E-state index in [1.807, 2.05) is 37.2 Å². The number of sulfonamides is 1. The molecule has 0 amide bonds. The highest BCUT2D eigenvalue weighted by atomic mass is 35.5. The average Bonchev–Trinajstić information content (AvgIpc) is 2.90. The Bertz CT molecular complexity index is 968. The fraction of sp³-hybridized carbons (Fsp3) is 0.133. The van der Waals surface area contributed by atoms with Crippen molar-refractivity contribution in [3.8, 4) is 0 Å². The lowest BCUT2D eigenvalue weighted by Gasteiger charge is -2.17. The average molecular weight is 368 g/mol. The smallest absolute Gasteiger partial charge is 0.264 e. The number of fused-ring (bicyclic) bond motifs is 1. The second-order valence-electron chi connectivity index (χ2n) is 5.10. The predicted molar refractivity (Wildman–Crippen MR) is 96.2 cm³/mol. The maximum absolute atomic E-state index is 12.7. The molecule has 0 saturated heterocycles. The molecular weight excluding hydrogens is 354 g/mol. The van der Waals surface area contributed by atoms with Crippen molar-refractivity contribution in [3.63, 3.8) is 0 Å². The van der Waals surface area contributed by atoms with Crippen molar-refractivity contribution < 1.29 is 8.42 Å². The van der Waals surface area contributed by atoms with Crippen LogP contribution in [0.4, 0.5) is 10.8 Å². The summed E-state index contributed by atoms with van der Waals surface area (Å²) >= 11 is 6.88. The van der Waals surface area contributed by atoms with Gasteiger partial charge >= 0.3 is 0 Å². The third-order valence-electron chi connectivity index (χ3n) is 3.33. The zero-order valence-electron chi connectivity index (χ0n) is 12.4. The zero-order chi connectivity index (χ0) is 16.6. The van der Waals surface area contributed by atoms with E-state index in [-0.39, 0.29) is 10.0 Å². The predicted octanol–water partition coefficient (Wildman–Crippen LogP) is 3.82. The molecular formula is C15H14ClN3O2S2. The van der Waals surface area contributed by atoms with E-state index in [1.165, 1.54) is 6.20 Å². The Labute approximate surface area is 143 Å². The lowest BCUT2D eigenvalue weighted by atomic mass is 10.1. The van der Waals surface area contributed by atoms with Gasteiger partial charge in [0.1, 0.15) is 4.34 Å². The molecule has 3 rings (SSSR count). The van der Waals surface area contributed by atoms with E-state index in [9.17, 15) is 8.42 Å². The SMILES string of the molecule is CN(C)c1cccc2c(S(=O)(=O)Nc3ncc(Cl)s3)cccc12. The van der Waals surface area contributed by atoms with Crippen molar-refractivity contribution in [2.24, 2.45) is 0 Å². The number of nitrogens with zero attached hydrogens (tertiary/aromatic N) is 2. The van der Waals surface area contributed by atoms with E-state index in [1.54, 1.807) is 18.2 Å². The Morgan fingerprint density at radius 2 is 1.83 bits per heavy atom. The van der Waals surface area contributed by atoms with Crippen LogP contribution < -0.4 is 9.62 Å². The highest BCUT2D eigenvalue weighted by molar-refractivity contribution is 7.93. The topological polar surface area (TPSA) is 62.3 Å². The van der Waals surface area contributed by atoms with E-state index in [0.29, 0.717) is 9.72 Å². The first-order chi connectivity index (χ1) is 10.9. The number of thiazole rings is 1. The van der Waals surface area contributed by atoms with Gasteiger partial charge in [-0.05, 0) is 12.1 Å². The van der Waals surface area contributed by atoms with Gasteiger partial charge in [-0.3, -0.25) is 4.72 Å². The molecule has 8 heteroatoms. The van der Waals surface area contributed by atoms with Crippen molar-refractivity contribution >= 4 is 54.6 Å². The van der Waals surface area contributed by atoms with Crippen LogP contribution in [0.1, 0.15) is 0 Å². The molecule has 0 radical (unpaired) electrons. The molecule has 120 valence electrons. The minimum absolute atomic E-state index is 0.213. The molecule has 0 atom stereocenters. The summed E-state index contributed by atoms with van der Waals surface area (Å²) in [7, 11) is 0.0965. The number of nitrogens with one attached hydrogen (secondary N) is 1. The molecule has 5 nitrogen and oxygen atoms in total.